The summed E-state index contributed by atoms with van der Waals surface area (Å²) in [7, 11) is 0. The number of pyridine rings is 1. The number of carbonyl (C=O) groups excluding carboxylic acids is 1. The molecule has 2 aromatic carbocycles. The summed E-state index contributed by atoms with van der Waals surface area (Å²) >= 11 is 0. The standard InChI is InChI=1S/C28H32N4O2/c1-21(2)23-9-3-6-12-26(23)34-20-8-7-19-32-25-11-5-4-10-24(25)31-27(32)15-18-30-28(33)22-13-16-29-17-14-22/h3-6,9-14,16-17,21H,7-8,15,18-20H2,1-2H3,(H,30,33). The number of rotatable bonds is 11. The largest absolute Gasteiger partial charge is 0.493 e. The number of aryl methyl sites for hydroxylation is 1. The number of amides is 1. The number of para-hydroxylation sites is 3. The minimum absolute atomic E-state index is 0.0936. The molecule has 1 N–H and O–H groups in total. The molecule has 0 aliphatic rings. The minimum Gasteiger partial charge on any atom is -0.493 e. The van der Waals surface area contributed by atoms with Gasteiger partial charge >= 0.3 is 0 Å². The molecule has 0 aliphatic heterocycles. The summed E-state index contributed by atoms with van der Waals surface area (Å²) in [6.07, 6.45) is 5.86. The number of benzene rings is 2. The molecule has 4 aromatic rings. The average Bonchev–Trinajstić information content (AvgIpc) is 3.21. The molecule has 4 rings (SSSR count). The molecule has 6 heteroatoms. The molecule has 0 saturated heterocycles. The highest BCUT2D eigenvalue weighted by molar-refractivity contribution is 5.93. The van der Waals surface area contributed by atoms with Crippen molar-refractivity contribution >= 4 is 16.9 Å². The van der Waals surface area contributed by atoms with Gasteiger partial charge in [0.05, 0.1) is 17.6 Å². The lowest BCUT2D eigenvalue weighted by molar-refractivity contribution is 0.0953. The zero-order valence-electron chi connectivity index (χ0n) is 19.9. The topological polar surface area (TPSA) is 69.0 Å². The number of carbonyl (C=O) groups is 1. The quantitative estimate of drug-likeness (QED) is 0.307. The first-order valence-corrected chi connectivity index (χ1v) is 12.0. The SMILES string of the molecule is CC(C)c1ccccc1OCCCCn1c(CCNC(=O)c2ccncc2)nc2ccccc21. The smallest absolute Gasteiger partial charge is 0.251 e. The van der Waals surface area contributed by atoms with E-state index in [2.05, 4.69) is 53.0 Å². The highest BCUT2D eigenvalue weighted by Crippen LogP contribution is 2.26. The third kappa shape index (κ3) is 5.81. The Hall–Kier alpha value is -3.67. The van der Waals surface area contributed by atoms with Crippen molar-refractivity contribution in [1.82, 2.24) is 19.9 Å². The maximum Gasteiger partial charge on any atom is 0.251 e. The number of nitrogens with zero attached hydrogens (tertiary/aromatic N) is 3. The highest BCUT2D eigenvalue weighted by atomic mass is 16.5. The fourth-order valence-electron chi connectivity index (χ4n) is 4.10. The Labute approximate surface area is 201 Å². The number of unbranched alkanes of at least 4 members (excludes halogenated alkanes) is 1. The zero-order valence-corrected chi connectivity index (χ0v) is 19.9. The maximum absolute atomic E-state index is 12.3. The van der Waals surface area contributed by atoms with Crippen LogP contribution in [-0.2, 0) is 13.0 Å². The monoisotopic (exact) mass is 456 g/mol. The molecule has 0 unspecified atom stereocenters. The van der Waals surface area contributed by atoms with E-state index in [-0.39, 0.29) is 5.91 Å². The van der Waals surface area contributed by atoms with Gasteiger partial charge in [-0.15, -0.1) is 0 Å². The van der Waals surface area contributed by atoms with Gasteiger partial charge in [0, 0.05) is 37.5 Å². The molecule has 34 heavy (non-hydrogen) atoms. The van der Waals surface area contributed by atoms with Gasteiger partial charge < -0.3 is 14.6 Å². The Kier molecular flexibility index (Phi) is 7.91. The van der Waals surface area contributed by atoms with Gasteiger partial charge in [-0.2, -0.15) is 0 Å². The molecule has 2 aromatic heterocycles. The third-order valence-corrected chi connectivity index (χ3v) is 5.88. The lowest BCUT2D eigenvalue weighted by Gasteiger charge is -2.14. The second kappa shape index (κ2) is 11.5. The van der Waals surface area contributed by atoms with Crippen LogP contribution in [-0.4, -0.2) is 33.6 Å². The molecule has 6 nitrogen and oxygen atoms in total. The molecule has 176 valence electrons. The van der Waals surface area contributed by atoms with Crippen LogP contribution < -0.4 is 10.1 Å². The molecule has 0 radical (unpaired) electrons. The van der Waals surface area contributed by atoms with Gasteiger partial charge in [-0.1, -0.05) is 44.2 Å². The van der Waals surface area contributed by atoms with Crippen molar-refractivity contribution in [3.05, 3.63) is 90.0 Å². The van der Waals surface area contributed by atoms with Gasteiger partial charge in [0.25, 0.3) is 5.91 Å². The maximum atomic E-state index is 12.3. The van der Waals surface area contributed by atoms with Crippen molar-refractivity contribution in [3.8, 4) is 5.75 Å². The molecule has 0 atom stereocenters. The van der Waals surface area contributed by atoms with E-state index in [9.17, 15) is 4.79 Å². The van der Waals surface area contributed by atoms with Gasteiger partial charge in [0.2, 0.25) is 0 Å². The fraction of sp³-hybridized carbons (Fsp3) is 0.321. The van der Waals surface area contributed by atoms with E-state index in [1.54, 1.807) is 24.5 Å². The van der Waals surface area contributed by atoms with Crippen LogP contribution in [0.25, 0.3) is 11.0 Å². The summed E-state index contributed by atoms with van der Waals surface area (Å²) < 4.78 is 8.37. The van der Waals surface area contributed by atoms with E-state index in [0.717, 1.165) is 42.0 Å². The highest BCUT2D eigenvalue weighted by Gasteiger charge is 2.12. The van der Waals surface area contributed by atoms with E-state index in [1.807, 2.05) is 24.3 Å². The van der Waals surface area contributed by atoms with Crippen molar-refractivity contribution in [2.75, 3.05) is 13.2 Å². The van der Waals surface area contributed by atoms with Crippen LogP contribution in [0.4, 0.5) is 0 Å². The molecule has 0 aliphatic carbocycles. The average molecular weight is 457 g/mol. The molecule has 0 fully saturated rings. The summed E-state index contributed by atoms with van der Waals surface area (Å²) in [6, 6.07) is 19.9. The van der Waals surface area contributed by atoms with Crippen LogP contribution >= 0.6 is 0 Å². The molecule has 0 spiro atoms. The van der Waals surface area contributed by atoms with E-state index in [4.69, 9.17) is 9.72 Å². The van der Waals surface area contributed by atoms with Crippen molar-refractivity contribution in [1.29, 1.82) is 0 Å². The van der Waals surface area contributed by atoms with Crippen LogP contribution in [0.2, 0.25) is 0 Å². The van der Waals surface area contributed by atoms with Gasteiger partial charge in [-0.25, -0.2) is 4.98 Å². The Balaban J connectivity index is 1.33. The van der Waals surface area contributed by atoms with Crippen molar-refractivity contribution in [2.24, 2.45) is 0 Å². The van der Waals surface area contributed by atoms with Gasteiger partial charge in [0.15, 0.2) is 0 Å². The number of hydrogen-bond acceptors (Lipinski definition) is 4. The molecule has 2 heterocycles. The predicted molar refractivity (Wildman–Crippen MR) is 135 cm³/mol. The Morgan fingerprint density at radius 2 is 1.76 bits per heavy atom. The number of ether oxygens (including phenoxy) is 1. The summed E-state index contributed by atoms with van der Waals surface area (Å²) in [4.78, 5) is 21.1. The first kappa shape index (κ1) is 23.5. The van der Waals surface area contributed by atoms with Crippen LogP contribution in [0.3, 0.4) is 0 Å². The normalized spacial score (nSPS) is 11.1. The van der Waals surface area contributed by atoms with Crippen LogP contribution in [0.15, 0.2) is 73.1 Å². The predicted octanol–water partition coefficient (Wildman–Crippen LogP) is 5.39. The van der Waals surface area contributed by atoms with Crippen LogP contribution in [0, 0.1) is 0 Å². The number of fused-ring (bicyclic) bond motifs is 1. The van der Waals surface area contributed by atoms with E-state index in [0.29, 0.717) is 31.1 Å². The van der Waals surface area contributed by atoms with Crippen molar-refractivity contribution in [3.63, 3.8) is 0 Å². The fourth-order valence-corrected chi connectivity index (χ4v) is 4.10. The Bertz CT molecular complexity index is 1220. The summed E-state index contributed by atoms with van der Waals surface area (Å²) in [5.74, 6) is 2.32. The van der Waals surface area contributed by atoms with Crippen LogP contribution in [0.1, 0.15) is 54.4 Å². The number of aromatic nitrogens is 3. The first-order valence-electron chi connectivity index (χ1n) is 12.0. The number of imidazole rings is 1. The van der Waals surface area contributed by atoms with Crippen molar-refractivity contribution in [2.45, 2.75) is 45.6 Å². The second-order valence-electron chi connectivity index (χ2n) is 8.66. The Morgan fingerprint density at radius 3 is 2.59 bits per heavy atom. The van der Waals surface area contributed by atoms with Gasteiger partial charge in [-0.05, 0) is 54.7 Å². The molecule has 0 saturated carbocycles. The lowest BCUT2D eigenvalue weighted by atomic mass is 10.0. The summed E-state index contributed by atoms with van der Waals surface area (Å²) in [5, 5.41) is 2.99. The number of hydrogen-bond donors (Lipinski definition) is 1. The van der Waals surface area contributed by atoms with Crippen molar-refractivity contribution < 1.29 is 9.53 Å². The first-order chi connectivity index (χ1) is 16.6. The van der Waals surface area contributed by atoms with E-state index < -0.39 is 0 Å². The second-order valence-corrected chi connectivity index (χ2v) is 8.66. The van der Waals surface area contributed by atoms with Gasteiger partial charge in [0.1, 0.15) is 11.6 Å². The molecular formula is C28H32N4O2. The third-order valence-electron chi connectivity index (χ3n) is 5.88. The summed E-state index contributed by atoms with van der Waals surface area (Å²) in [6.45, 7) is 6.46. The van der Waals surface area contributed by atoms with Gasteiger partial charge in [-0.3, -0.25) is 9.78 Å². The summed E-state index contributed by atoms with van der Waals surface area (Å²) in [5.41, 5.74) is 3.98. The van der Waals surface area contributed by atoms with E-state index >= 15 is 0 Å². The molecule has 1 amide bonds. The molecule has 0 bridgehead atoms. The zero-order chi connectivity index (χ0) is 23.8. The lowest BCUT2D eigenvalue weighted by Crippen LogP contribution is -2.26. The van der Waals surface area contributed by atoms with Crippen LogP contribution in [0.5, 0.6) is 5.75 Å². The minimum atomic E-state index is -0.0936. The Morgan fingerprint density at radius 1 is 1.00 bits per heavy atom. The molecular weight excluding hydrogens is 424 g/mol. The number of nitrogens with one attached hydrogen (secondary N) is 1. The van der Waals surface area contributed by atoms with E-state index in [1.165, 1.54) is 5.56 Å².